The first-order valence-electron chi connectivity index (χ1n) is 5.28. The van der Waals surface area contributed by atoms with Crippen LogP contribution in [0, 0.1) is 0 Å². The maximum atomic E-state index is 11.8. The van der Waals surface area contributed by atoms with Crippen LogP contribution < -0.4 is 5.32 Å². The molecule has 0 unspecified atom stereocenters. The molecule has 0 spiro atoms. The van der Waals surface area contributed by atoms with E-state index in [9.17, 15) is 9.59 Å². The summed E-state index contributed by atoms with van der Waals surface area (Å²) in [5.41, 5.74) is 0.626. The molecule has 98 valence electrons. The first-order valence-corrected chi connectivity index (χ1v) is 5.65. The Morgan fingerprint density at radius 1 is 1.32 bits per heavy atom. The van der Waals surface area contributed by atoms with Gasteiger partial charge in [-0.05, 0) is 24.3 Å². The van der Waals surface area contributed by atoms with E-state index >= 15 is 0 Å². The monoisotopic (exact) mass is 280 g/mol. The van der Waals surface area contributed by atoms with Crippen LogP contribution in [0.25, 0.3) is 0 Å². The second-order valence-corrected chi connectivity index (χ2v) is 4.11. The van der Waals surface area contributed by atoms with Crippen molar-refractivity contribution in [2.45, 2.75) is 6.42 Å². The van der Waals surface area contributed by atoms with Gasteiger partial charge in [0.2, 0.25) is 0 Å². The van der Waals surface area contributed by atoms with Gasteiger partial charge >= 0.3 is 12.0 Å². The highest BCUT2D eigenvalue weighted by Gasteiger charge is 2.11. The molecular weight excluding hydrogens is 272 g/mol. The Kier molecular flexibility index (Phi) is 3.82. The predicted octanol–water partition coefficient (Wildman–Crippen LogP) is 2.21. The molecule has 0 saturated carbocycles. The number of anilines is 1. The summed E-state index contributed by atoms with van der Waals surface area (Å²) in [5.74, 6) is -1.44. The lowest BCUT2D eigenvalue weighted by atomic mass is 10.2. The van der Waals surface area contributed by atoms with Crippen LogP contribution in [0.4, 0.5) is 6.01 Å². The van der Waals surface area contributed by atoms with E-state index in [2.05, 4.69) is 10.3 Å². The number of nitrogens with one attached hydrogen (secondary N) is 1. The highest BCUT2D eigenvalue weighted by molar-refractivity contribution is 6.30. The Bertz CT molecular complexity index is 606. The number of benzene rings is 1. The number of halogens is 1. The number of rotatable bonds is 4. The van der Waals surface area contributed by atoms with E-state index in [1.165, 1.54) is 6.26 Å². The number of carboxylic acid groups (broad SMARTS) is 1. The highest BCUT2D eigenvalue weighted by atomic mass is 35.5. The lowest BCUT2D eigenvalue weighted by Gasteiger charge is -2.00. The minimum atomic E-state index is -1.02. The number of aliphatic carboxylic acids is 1. The number of carbonyl (C=O) groups is 2. The van der Waals surface area contributed by atoms with Gasteiger partial charge in [0.15, 0.2) is 0 Å². The van der Waals surface area contributed by atoms with Crippen molar-refractivity contribution in [2.24, 2.45) is 0 Å². The highest BCUT2D eigenvalue weighted by Crippen LogP contribution is 2.13. The number of hydrogen-bond donors (Lipinski definition) is 2. The third kappa shape index (κ3) is 3.56. The van der Waals surface area contributed by atoms with Gasteiger partial charge in [-0.15, -0.1) is 0 Å². The number of nitrogens with zero attached hydrogens (tertiary/aromatic N) is 1. The number of oxazole rings is 1. The summed E-state index contributed by atoms with van der Waals surface area (Å²) in [6, 6.07) is 6.23. The summed E-state index contributed by atoms with van der Waals surface area (Å²) in [6.07, 6.45) is 0.923. The molecule has 0 radical (unpaired) electrons. The Labute approximate surface area is 113 Å². The van der Waals surface area contributed by atoms with E-state index in [4.69, 9.17) is 21.1 Å². The molecule has 2 rings (SSSR count). The van der Waals surface area contributed by atoms with Gasteiger partial charge in [0.1, 0.15) is 6.26 Å². The molecule has 1 heterocycles. The third-order valence-corrected chi connectivity index (χ3v) is 2.46. The van der Waals surface area contributed by atoms with Crippen LogP contribution in [0.15, 0.2) is 34.9 Å². The average molecular weight is 281 g/mol. The topological polar surface area (TPSA) is 92.4 Å². The molecule has 0 aliphatic heterocycles. The molecule has 1 aromatic heterocycles. The molecule has 0 bridgehead atoms. The predicted molar refractivity (Wildman–Crippen MR) is 67.2 cm³/mol. The second kappa shape index (κ2) is 5.53. The van der Waals surface area contributed by atoms with E-state index in [0.717, 1.165) is 0 Å². The van der Waals surface area contributed by atoms with Gasteiger partial charge in [-0.1, -0.05) is 11.6 Å². The minimum absolute atomic E-state index is 0.0452. The van der Waals surface area contributed by atoms with Crippen molar-refractivity contribution >= 4 is 29.5 Å². The van der Waals surface area contributed by atoms with Crippen LogP contribution in [0.2, 0.25) is 5.02 Å². The van der Waals surface area contributed by atoms with E-state index in [1.54, 1.807) is 24.3 Å². The molecule has 6 nitrogen and oxygen atoms in total. The lowest BCUT2D eigenvalue weighted by molar-refractivity contribution is -0.136. The summed E-state index contributed by atoms with van der Waals surface area (Å²) in [6.45, 7) is 0. The SMILES string of the molecule is O=C(O)Cc1coc(NC(=O)c2ccc(Cl)cc2)n1. The summed E-state index contributed by atoms with van der Waals surface area (Å²) < 4.78 is 4.95. The molecule has 19 heavy (non-hydrogen) atoms. The van der Waals surface area contributed by atoms with Crippen LogP contribution >= 0.6 is 11.6 Å². The number of amides is 1. The fraction of sp³-hybridized carbons (Fsp3) is 0.0833. The molecule has 0 atom stereocenters. The maximum Gasteiger partial charge on any atom is 0.309 e. The van der Waals surface area contributed by atoms with Gasteiger partial charge < -0.3 is 9.52 Å². The van der Waals surface area contributed by atoms with Crippen molar-refractivity contribution in [1.82, 2.24) is 4.98 Å². The Balaban J connectivity index is 2.04. The Hall–Kier alpha value is -2.34. The van der Waals surface area contributed by atoms with Crippen LogP contribution in [0.3, 0.4) is 0 Å². The van der Waals surface area contributed by atoms with Crippen LogP contribution in [-0.4, -0.2) is 22.0 Å². The van der Waals surface area contributed by atoms with Crippen molar-refractivity contribution in [3.63, 3.8) is 0 Å². The van der Waals surface area contributed by atoms with Crippen LogP contribution in [-0.2, 0) is 11.2 Å². The zero-order valence-electron chi connectivity index (χ0n) is 9.59. The molecule has 0 saturated heterocycles. The number of hydrogen-bond acceptors (Lipinski definition) is 4. The Morgan fingerprint density at radius 3 is 2.63 bits per heavy atom. The van der Waals surface area contributed by atoms with Gasteiger partial charge in [0.25, 0.3) is 5.91 Å². The number of carboxylic acids is 1. The van der Waals surface area contributed by atoms with E-state index < -0.39 is 11.9 Å². The van der Waals surface area contributed by atoms with Crippen molar-refractivity contribution in [3.05, 3.63) is 46.8 Å². The fourth-order valence-corrected chi connectivity index (χ4v) is 1.50. The smallest absolute Gasteiger partial charge is 0.309 e. The van der Waals surface area contributed by atoms with Crippen molar-refractivity contribution in [3.8, 4) is 0 Å². The first-order chi connectivity index (χ1) is 9.04. The van der Waals surface area contributed by atoms with E-state index in [-0.39, 0.29) is 18.1 Å². The molecule has 2 N–H and O–H groups in total. The maximum absolute atomic E-state index is 11.8. The fourth-order valence-electron chi connectivity index (χ4n) is 1.37. The Morgan fingerprint density at radius 2 is 2.00 bits per heavy atom. The summed E-state index contributed by atoms with van der Waals surface area (Å²) in [5, 5.41) is 11.5. The van der Waals surface area contributed by atoms with Crippen molar-refractivity contribution < 1.29 is 19.1 Å². The lowest BCUT2D eigenvalue weighted by Crippen LogP contribution is -2.12. The minimum Gasteiger partial charge on any atom is -0.481 e. The van der Waals surface area contributed by atoms with E-state index in [0.29, 0.717) is 10.6 Å². The summed E-state index contributed by atoms with van der Waals surface area (Å²) >= 11 is 5.71. The molecule has 1 aromatic carbocycles. The quantitative estimate of drug-likeness (QED) is 0.896. The normalized spacial score (nSPS) is 10.2. The van der Waals surface area contributed by atoms with Gasteiger partial charge in [0.05, 0.1) is 12.1 Å². The van der Waals surface area contributed by atoms with E-state index in [1.807, 2.05) is 0 Å². The molecular formula is C12H9ClN2O4. The first kappa shape index (κ1) is 13.1. The van der Waals surface area contributed by atoms with Gasteiger partial charge in [-0.25, -0.2) is 0 Å². The summed E-state index contributed by atoms with van der Waals surface area (Å²) in [7, 11) is 0. The zero-order valence-corrected chi connectivity index (χ0v) is 10.3. The van der Waals surface area contributed by atoms with Gasteiger partial charge in [0, 0.05) is 10.6 Å². The molecule has 7 heteroatoms. The van der Waals surface area contributed by atoms with Crippen LogP contribution in [0.1, 0.15) is 16.1 Å². The van der Waals surface area contributed by atoms with Gasteiger partial charge in [-0.3, -0.25) is 14.9 Å². The second-order valence-electron chi connectivity index (χ2n) is 3.68. The van der Waals surface area contributed by atoms with Gasteiger partial charge in [-0.2, -0.15) is 4.98 Å². The third-order valence-electron chi connectivity index (χ3n) is 2.21. The van der Waals surface area contributed by atoms with Crippen molar-refractivity contribution in [2.75, 3.05) is 5.32 Å². The average Bonchev–Trinajstić information content (AvgIpc) is 2.76. The standard InChI is InChI=1S/C12H9ClN2O4/c13-8-3-1-7(2-4-8)11(18)15-12-14-9(6-19-12)5-10(16)17/h1-4,6H,5H2,(H,16,17)(H,14,15,18). The number of carbonyl (C=O) groups excluding carboxylic acids is 1. The zero-order chi connectivity index (χ0) is 13.8. The van der Waals surface area contributed by atoms with Crippen molar-refractivity contribution in [1.29, 1.82) is 0 Å². The molecule has 2 aromatic rings. The molecule has 1 amide bonds. The van der Waals surface area contributed by atoms with Crippen LogP contribution in [0.5, 0.6) is 0 Å². The number of aromatic nitrogens is 1. The largest absolute Gasteiger partial charge is 0.481 e. The summed E-state index contributed by atoms with van der Waals surface area (Å²) in [4.78, 5) is 26.1. The molecule has 0 aliphatic carbocycles. The molecule has 0 aliphatic rings. The molecule has 0 fully saturated rings.